The van der Waals surface area contributed by atoms with E-state index in [4.69, 9.17) is 4.74 Å². The van der Waals surface area contributed by atoms with Gasteiger partial charge in [-0.25, -0.2) is 9.78 Å². The first-order chi connectivity index (χ1) is 11.6. The second-order valence-electron chi connectivity index (χ2n) is 5.99. The minimum atomic E-state index is -0.413. The fourth-order valence-electron chi connectivity index (χ4n) is 2.90. The van der Waals surface area contributed by atoms with Crippen LogP contribution in [-0.4, -0.2) is 34.7 Å². The summed E-state index contributed by atoms with van der Waals surface area (Å²) in [7, 11) is 1.37. The van der Waals surface area contributed by atoms with Crippen molar-refractivity contribution in [3.05, 3.63) is 54.1 Å². The number of carbonyl (C=O) groups excluding carboxylic acids is 2. The van der Waals surface area contributed by atoms with Gasteiger partial charge in [-0.1, -0.05) is 30.3 Å². The zero-order valence-corrected chi connectivity index (χ0v) is 13.7. The second kappa shape index (κ2) is 6.86. The summed E-state index contributed by atoms with van der Waals surface area (Å²) in [5, 5.41) is 0. The summed E-state index contributed by atoms with van der Waals surface area (Å²) in [5.41, 5.74) is 1.49. The molecule has 1 aliphatic carbocycles. The fourth-order valence-corrected chi connectivity index (χ4v) is 2.90. The lowest BCUT2D eigenvalue weighted by atomic mass is 9.82. The highest BCUT2D eigenvalue weighted by atomic mass is 16.5. The monoisotopic (exact) mass is 328 g/mol. The lowest BCUT2D eigenvalue weighted by Crippen LogP contribution is -2.38. The number of carbonyl (C=O) groups is 2. The summed E-state index contributed by atoms with van der Waals surface area (Å²) in [6.07, 6.45) is 3.93. The summed E-state index contributed by atoms with van der Waals surface area (Å²) in [6.45, 7) is 2.00. The van der Waals surface area contributed by atoms with Crippen molar-refractivity contribution < 1.29 is 19.1 Å². The Kier molecular flexibility index (Phi) is 4.64. The van der Waals surface area contributed by atoms with Crippen molar-refractivity contribution in [2.75, 3.05) is 7.11 Å². The maximum atomic E-state index is 12.4. The van der Waals surface area contributed by atoms with E-state index in [1.807, 2.05) is 37.3 Å². The zero-order chi connectivity index (χ0) is 17.1. The molecule has 0 amide bonds. The number of hydrogen-bond acceptors (Lipinski definition) is 5. The summed E-state index contributed by atoms with van der Waals surface area (Å²) in [6, 6.07) is 9.86. The molecule has 1 saturated carbocycles. The molecule has 24 heavy (non-hydrogen) atoms. The minimum Gasteiger partial charge on any atom is -0.469 e. The van der Waals surface area contributed by atoms with Gasteiger partial charge in [0, 0.05) is 0 Å². The van der Waals surface area contributed by atoms with Crippen molar-refractivity contribution in [2.24, 2.45) is 5.92 Å². The smallest absolute Gasteiger partial charge is 0.356 e. The highest BCUT2D eigenvalue weighted by molar-refractivity contribution is 5.87. The summed E-state index contributed by atoms with van der Waals surface area (Å²) < 4.78 is 12.0. The molecule has 6 nitrogen and oxygen atoms in total. The number of hydrogen-bond donors (Lipinski definition) is 0. The zero-order valence-electron chi connectivity index (χ0n) is 13.7. The number of benzene rings is 1. The van der Waals surface area contributed by atoms with E-state index in [0.29, 0.717) is 18.5 Å². The first-order valence-corrected chi connectivity index (χ1v) is 7.95. The Bertz CT molecular complexity index is 720. The van der Waals surface area contributed by atoms with Crippen LogP contribution in [0.4, 0.5) is 0 Å². The Labute approximate surface area is 140 Å². The van der Waals surface area contributed by atoms with Crippen LogP contribution in [0.3, 0.4) is 0 Å². The molecule has 2 aromatic rings. The SMILES string of the molecule is COC(=O)[C@H]1C[C@@H](OC(=O)c2cncn2C(C)c2ccccc2)C1. The van der Waals surface area contributed by atoms with E-state index >= 15 is 0 Å². The molecule has 0 spiro atoms. The average molecular weight is 328 g/mol. The topological polar surface area (TPSA) is 70.4 Å². The Morgan fingerprint density at radius 1 is 1.25 bits per heavy atom. The van der Waals surface area contributed by atoms with E-state index in [1.54, 1.807) is 10.9 Å². The predicted octanol–water partition coefficient (Wildman–Crippen LogP) is 2.60. The van der Waals surface area contributed by atoms with E-state index in [-0.39, 0.29) is 24.0 Å². The molecular formula is C18H20N2O4. The lowest BCUT2D eigenvalue weighted by Gasteiger charge is -2.32. The molecule has 3 rings (SSSR count). The van der Waals surface area contributed by atoms with Gasteiger partial charge in [0.1, 0.15) is 11.8 Å². The highest BCUT2D eigenvalue weighted by Crippen LogP contribution is 2.32. The first-order valence-electron chi connectivity index (χ1n) is 7.95. The standard InChI is InChI=1S/C18H20N2O4/c1-12(13-6-4-3-5-7-13)20-11-19-10-16(20)18(22)24-15-8-14(9-15)17(21)23-2/h3-7,10-12,14-15H,8-9H2,1-2H3/t12?,14-,15+. The molecule has 1 aromatic heterocycles. The van der Waals surface area contributed by atoms with Crippen LogP contribution in [0.25, 0.3) is 0 Å². The Balaban J connectivity index is 1.65. The molecule has 1 fully saturated rings. The van der Waals surface area contributed by atoms with Crippen molar-refractivity contribution in [3.63, 3.8) is 0 Å². The van der Waals surface area contributed by atoms with Crippen LogP contribution in [0.1, 0.15) is 41.9 Å². The molecular weight excluding hydrogens is 308 g/mol. The fraction of sp³-hybridized carbons (Fsp3) is 0.389. The number of rotatable bonds is 5. The van der Waals surface area contributed by atoms with E-state index in [1.165, 1.54) is 13.3 Å². The molecule has 6 heteroatoms. The van der Waals surface area contributed by atoms with Crippen molar-refractivity contribution in [2.45, 2.75) is 31.9 Å². The van der Waals surface area contributed by atoms with Gasteiger partial charge in [0.25, 0.3) is 0 Å². The van der Waals surface area contributed by atoms with Gasteiger partial charge in [-0.15, -0.1) is 0 Å². The molecule has 1 atom stereocenters. The summed E-state index contributed by atoms with van der Waals surface area (Å²) in [5.74, 6) is -0.824. The van der Waals surface area contributed by atoms with Crippen LogP contribution in [0.15, 0.2) is 42.9 Å². The molecule has 126 valence electrons. The van der Waals surface area contributed by atoms with E-state index < -0.39 is 5.97 Å². The van der Waals surface area contributed by atoms with Crippen molar-refractivity contribution in [1.82, 2.24) is 9.55 Å². The minimum absolute atomic E-state index is 0.0274. The molecule has 1 aromatic carbocycles. The summed E-state index contributed by atoms with van der Waals surface area (Å²) >= 11 is 0. The first kappa shape index (κ1) is 16.2. The maximum absolute atomic E-state index is 12.4. The van der Waals surface area contributed by atoms with E-state index in [0.717, 1.165) is 5.56 Å². The maximum Gasteiger partial charge on any atom is 0.356 e. The number of aromatic nitrogens is 2. The van der Waals surface area contributed by atoms with Crippen molar-refractivity contribution >= 4 is 11.9 Å². The van der Waals surface area contributed by atoms with Crippen LogP contribution in [0.5, 0.6) is 0 Å². The van der Waals surface area contributed by atoms with Crippen LogP contribution in [0.2, 0.25) is 0 Å². The van der Waals surface area contributed by atoms with Crippen molar-refractivity contribution in [3.8, 4) is 0 Å². The van der Waals surface area contributed by atoms with E-state index in [2.05, 4.69) is 9.72 Å². The molecule has 0 N–H and O–H groups in total. The third-order valence-electron chi connectivity index (χ3n) is 4.48. The molecule has 0 radical (unpaired) electrons. The van der Waals surface area contributed by atoms with Crippen LogP contribution >= 0.6 is 0 Å². The van der Waals surface area contributed by atoms with Crippen molar-refractivity contribution in [1.29, 1.82) is 0 Å². The quantitative estimate of drug-likeness (QED) is 0.789. The number of imidazole rings is 1. The van der Waals surface area contributed by atoms with Gasteiger partial charge in [0.05, 0.1) is 31.6 Å². The third kappa shape index (κ3) is 3.18. The number of methoxy groups -OCH3 is 1. The lowest BCUT2D eigenvalue weighted by molar-refractivity contribution is -0.152. The molecule has 1 heterocycles. The van der Waals surface area contributed by atoms with Crippen LogP contribution < -0.4 is 0 Å². The molecule has 0 aliphatic heterocycles. The Morgan fingerprint density at radius 3 is 2.62 bits per heavy atom. The van der Waals surface area contributed by atoms with Crippen LogP contribution in [0, 0.1) is 5.92 Å². The number of nitrogens with zero attached hydrogens (tertiary/aromatic N) is 2. The van der Waals surface area contributed by atoms with Gasteiger partial charge in [-0.2, -0.15) is 0 Å². The number of ether oxygens (including phenoxy) is 2. The molecule has 0 saturated heterocycles. The van der Waals surface area contributed by atoms with Gasteiger partial charge in [0.15, 0.2) is 0 Å². The van der Waals surface area contributed by atoms with Gasteiger partial charge in [-0.05, 0) is 25.3 Å². The third-order valence-corrected chi connectivity index (χ3v) is 4.48. The predicted molar refractivity (Wildman–Crippen MR) is 86.4 cm³/mol. The summed E-state index contributed by atoms with van der Waals surface area (Å²) in [4.78, 5) is 27.9. The molecule has 0 bridgehead atoms. The van der Waals surface area contributed by atoms with Gasteiger partial charge < -0.3 is 14.0 Å². The van der Waals surface area contributed by atoms with Crippen LogP contribution in [-0.2, 0) is 14.3 Å². The highest BCUT2D eigenvalue weighted by Gasteiger charge is 2.38. The average Bonchev–Trinajstić information content (AvgIpc) is 3.06. The Morgan fingerprint density at radius 2 is 1.96 bits per heavy atom. The molecule has 1 unspecified atom stereocenters. The van der Waals surface area contributed by atoms with Gasteiger partial charge >= 0.3 is 11.9 Å². The number of esters is 2. The Hall–Kier alpha value is -2.63. The normalized spacial score (nSPS) is 20.8. The molecule has 1 aliphatic rings. The van der Waals surface area contributed by atoms with E-state index in [9.17, 15) is 9.59 Å². The largest absolute Gasteiger partial charge is 0.469 e. The van der Waals surface area contributed by atoms with Gasteiger partial charge in [-0.3, -0.25) is 4.79 Å². The van der Waals surface area contributed by atoms with Gasteiger partial charge in [0.2, 0.25) is 0 Å². The second-order valence-corrected chi connectivity index (χ2v) is 5.99.